The van der Waals surface area contributed by atoms with Gasteiger partial charge >= 0.3 is 6.03 Å². The molecule has 2 heterocycles. The Morgan fingerprint density at radius 2 is 1.89 bits per heavy atom. The summed E-state index contributed by atoms with van der Waals surface area (Å²) < 4.78 is 13.2. The van der Waals surface area contributed by atoms with E-state index in [9.17, 15) is 9.18 Å². The highest BCUT2D eigenvalue weighted by atomic mass is 32.1. The van der Waals surface area contributed by atoms with Gasteiger partial charge in [0.1, 0.15) is 5.82 Å². The Bertz CT molecular complexity index is 923. The van der Waals surface area contributed by atoms with Crippen LogP contribution in [0.1, 0.15) is 40.6 Å². The molecule has 3 aromatic rings. The van der Waals surface area contributed by atoms with E-state index in [1.807, 2.05) is 30.0 Å². The summed E-state index contributed by atoms with van der Waals surface area (Å²) in [6.45, 7) is 2.59. The number of halogens is 1. The number of rotatable bonds is 3. The second kappa shape index (κ2) is 7.53. The van der Waals surface area contributed by atoms with Crippen LogP contribution in [0.2, 0.25) is 0 Å². The van der Waals surface area contributed by atoms with Gasteiger partial charge in [0, 0.05) is 11.4 Å². The van der Waals surface area contributed by atoms with Gasteiger partial charge in [0.05, 0.1) is 12.1 Å². The van der Waals surface area contributed by atoms with Crippen LogP contribution in [0.5, 0.6) is 0 Å². The molecule has 3 nitrogen and oxygen atoms in total. The predicted octanol–water partition coefficient (Wildman–Crippen LogP) is 5.31. The van der Waals surface area contributed by atoms with E-state index in [0.29, 0.717) is 6.54 Å². The summed E-state index contributed by atoms with van der Waals surface area (Å²) in [4.78, 5) is 16.4. The number of thiophene rings is 1. The summed E-state index contributed by atoms with van der Waals surface area (Å²) in [5.74, 6) is -0.276. The van der Waals surface area contributed by atoms with Crippen LogP contribution in [0.25, 0.3) is 0 Å². The van der Waals surface area contributed by atoms with Gasteiger partial charge in [-0.3, -0.25) is 0 Å². The highest BCUT2D eigenvalue weighted by Gasteiger charge is 2.33. The molecule has 4 rings (SSSR count). The molecule has 1 aliphatic heterocycles. The third-order valence-corrected chi connectivity index (χ3v) is 6.05. The molecule has 0 aliphatic carbocycles. The van der Waals surface area contributed by atoms with Crippen molar-refractivity contribution in [3.8, 4) is 0 Å². The van der Waals surface area contributed by atoms with Gasteiger partial charge < -0.3 is 10.2 Å². The molecular weight excluding hydrogens is 359 g/mol. The first-order valence-corrected chi connectivity index (χ1v) is 9.95. The third kappa shape index (κ3) is 3.60. The molecule has 2 aromatic carbocycles. The van der Waals surface area contributed by atoms with Crippen molar-refractivity contribution in [2.24, 2.45) is 0 Å². The molecule has 0 unspecified atom stereocenters. The zero-order valence-corrected chi connectivity index (χ0v) is 15.9. The lowest BCUT2D eigenvalue weighted by Gasteiger charge is -2.37. The zero-order valence-electron chi connectivity index (χ0n) is 15.1. The van der Waals surface area contributed by atoms with Crippen LogP contribution in [0.3, 0.4) is 0 Å². The van der Waals surface area contributed by atoms with Crippen molar-refractivity contribution in [2.75, 3.05) is 6.54 Å². The average molecular weight is 380 g/mol. The fourth-order valence-corrected chi connectivity index (χ4v) is 4.54. The molecule has 27 heavy (non-hydrogen) atoms. The van der Waals surface area contributed by atoms with Gasteiger partial charge in [-0.25, -0.2) is 9.18 Å². The minimum Gasteiger partial charge on any atom is -0.331 e. The Morgan fingerprint density at radius 1 is 1.15 bits per heavy atom. The lowest BCUT2D eigenvalue weighted by Crippen LogP contribution is -2.46. The maximum absolute atomic E-state index is 13.2. The first-order chi connectivity index (χ1) is 13.1. The number of carbonyl (C=O) groups excluding carboxylic acids is 1. The fraction of sp³-hybridized carbons (Fsp3) is 0.227. The van der Waals surface area contributed by atoms with E-state index >= 15 is 0 Å². The van der Waals surface area contributed by atoms with Crippen molar-refractivity contribution in [1.82, 2.24) is 10.2 Å². The van der Waals surface area contributed by atoms with Crippen LogP contribution in [-0.2, 0) is 6.42 Å². The van der Waals surface area contributed by atoms with E-state index < -0.39 is 0 Å². The summed E-state index contributed by atoms with van der Waals surface area (Å²) in [6, 6.07) is 18.2. The Balaban J connectivity index is 1.59. The van der Waals surface area contributed by atoms with E-state index in [1.54, 1.807) is 23.5 Å². The molecule has 1 aromatic heterocycles. The first-order valence-electron chi connectivity index (χ1n) is 9.07. The lowest BCUT2D eigenvalue weighted by atomic mass is 9.93. The Morgan fingerprint density at radius 3 is 2.63 bits per heavy atom. The average Bonchev–Trinajstić information content (AvgIpc) is 3.17. The van der Waals surface area contributed by atoms with Crippen LogP contribution in [-0.4, -0.2) is 17.5 Å². The molecule has 138 valence electrons. The van der Waals surface area contributed by atoms with E-state index in [0.717, 1.165) is 17.5 Å². The van der Waals surface area contributed by atoms with E-state index in [2.05, 4.69) is 28.9 Å². The fourth-order valence-electron chi connectivity index (χ4n) is 3.63. The standard InChI is InChI=1S/C22H21FN2OS/c1-15(16-7-9-18(23)10-8-16)24-22(26)25-13-11-20-19(12-14-27-20)21(25)17-5-3-2-4-6-17/h2-10,12,14-15,21H,11,13H2,1H3,(H,24,26)/t15-,21+/m1/s1. The van der Waals surface area contributed by atoms with Crippen molar-refractivity contribution < 1.29 is 9.18 Å². The first kappa shape index (κ1) is 17.7. The number of nitrogens with one attached hydrogen (secondary N) is 1. The van der Waals surface area contributed by atoms with Crippen molar-refractivity contribution in [2.45, 2.75) is 25.4 Å². The van der Waals surface area contributed by atoms with Crippen molar-refractivity contribution in [3.63, 3.8) is 0 Å². The van der Waals surface area contributed by atoms with Crippen LogP contribution < -0.4 is 5.32 Å². The minimum absolute atomic E-state index is 0.0818. The van der Waals surface area contributed by atoms with E-state index in [4.69, 9.17) is 0 Å². The SMILES string of the molecule is C[C@@H](NC(=O)N1CCc2sccc2[C@@H]1c1ccccc1)c1ccc(F)cc1. The Kier molecular flexibility index (Phi) is 4.94. The molecule has 1 N–H and O–H groups in total. The van der Waals surface area contributed by atoms with Crippen LogP contribution in [0, 0.1) is 5.82 Å². The van der Waals surface area contributed by atoms with Gasteiger partial charge in [-0.1, -0.05) is 42.5 Å². The quantitative estimate of drug-likeness (QED) is 0.656. The lowest BCUT2D eigenvalue weighted by molar-refractivity contribution is 0.177. The molecule has 0 fully saturated rings. The van der Waals surface area contributed by atoms with Crippen LogP contribution in [0.15, 0.2) is 66.0 Å². The van der Waals surface area contributed by atoms with Crippen LogP contribution >= 0.6 is 11.3 Å². The highest BCUT2D eigenvalue weighted by Crippen LogP contribution is 2.37. The molecule has 2 amide bonds. The number of nitrogens with zero attached hydrogens (tertiary/aromatic N) is 1. The number of amides is 2. The van der Waals surface area contributed by atoms with Gasteiger partial charge in [0.25, 0.3) is 0 Å². The number of fused-ring (bicyclic) bond motifs is 1. The van der Waals surface area contributed by atoms with Crippen molar-refractivity contribution in [3.05, 3.63) is 93.4 Å². The van der Waals surface area contributed by atoms with Crippen LogP contribution in [0.4, 0.5) is 9.18 Å². The molecule has 0 saturated carbocycles. The number of hydrogen-bond acceptors (Lipinski definition) is 2. The number of carbonyl (C=O) groups is 1. The van der Waals surface area contributed by atoms with Crippen molar-refractivity contribution in [1.29, 1.82) is 0 Å². The third-order valence-electron chi connectivity index (χ3n) is 5.05. The highest BCUT2D eigenvalue weighted by molar-refractivity contribution is 7.10. The molecule has 0 spiro atoms. The normalized spacial score (nSPS) is 17.3. The summed E-state index contributed by atoms with van der Waals surface area (Å²) in [7, 11) is 0. The number of benzene rings is 2. The summed E-state index contributed by atoms with van der Waals surface area (Å²) in [6.07, 6.45) is 0.870. The van der Waals surface area contributed by atoms with Gasteiger partial charge in [0.15, 0.2) is 0 Å². The summed E-state index contributed by atoms with van der Waals surface area (Å²) in [5, 5.41) is 5.18. The molecule has 0 radical (unpaired) electrons. The molecule has 5 heteroatoms. The molecule has 0 bridgehead atoms. The van der Waals surface area contributed by atoms with Gasteiger partial charge in [0.2, 0.25) is 0 Å². The van der Waals surface area contributed by atoms with E-state index in [-0.39, 0.29) is 23.9 Å². The van der Waals surface area contributed by atoms with Crippen molar-refractivity contribution >= 4 is 17.4 Å². The Labute approximate surface area is 162 Å². The van der Waals surface area contributed by atoms with Gasteiger partial charge in [-0.05, 0) is 53.6 Å². The van der Waals surface area contributed by atoms with Gasteiger partial charge in [-0.2, -0.15) is 0 Å². The number of urea groups is 1. The zero-order chi connectivity index (χ0) is 18.8. The predicted molar refractivity (Wildman–Crippen MR) is 106 cm³/mol. The minimum atomic E-state index is -0.276. The molecule has 0 saturated heterocycles. The maximum Gasteiger partial charge on any atom is 0.318 e. The second-order valence-electron chi connectivity index (χ2n) is 6.78. The Hall–Kier alpha value is -2.66. The topological polar surface area (TPSA) is 32.3 Å². The largest absolute Gasteiger partial charge is 0.331 e. The molecular formula is C22H21FN2OS. The summed E-state index contributed by atoms with van der Waals surface area (Å²) >= 11 is 1.76. The second-order valence-corrected chi connectivity index (χ2v) is 7.78. The molecule has 1 aliphatic rings. The summed E-state index contributed by atoms with van der Waals surface area (Å²) in [5.41, 5.74) is 3.21. The smallest absolute Gasteiger partial charge is 0.318 e. The monoisotopic (exact) mass is 380 g/mol. The molecule has 2 atom stereocenters. The van der Waals surface area contributed by atoms with Gasteiger partial charge in [-0.15, -0.1) is 11.3 Å². The number of hydrogen-bond donors (Lipinski definition) is 1. The van der Waals surface area contributed by atoms with E-state index in [1.165, 1.54) is 22.6 Å². The maximum atomic E-state index is 13.2.